The highest BCUT2D eigenvalue weighted by Crippen LogP contribution is 2.37. The monoisotopic (exact) mass is 389 g/mol. The molecular weight excluding hydrogens is 370 g/mol. The fraction of sp³-hybridized carbons (Fsp3) is 0.143. The molecular formula is C21H19N5OS. The number of rotatable bonds is 5. The van der Waals surface area contributed by atoms with E-state index in [2.05, 4.69) is 25.3 Å². The Labute approximate surface area is 166 Å². The van der Waals surface area contributed by atoms with E-state index in [1.54, 1.807) is 6.33 Å². The van der Waals surface area contributed by atoms with Gasteiger partial charge < -0.3 is 10.3 Å². The lowest BCUT2D eigenvalue weighted by Crippen LogP contribution is -2.20. The maximum Gasteiger partial charge on any atom is 0.242 e. The van der Waals surface area contributed by atoms with Gasteiger partial charge in [0.05, 0.1) is 6.33 Å². The Morgan fingerprint density at radius 1 is 1.07 bits per heavy atom. The number of anilines is 1. The summed E-state index contributed by atoms with van der Waals surface area (Å²) in [4.78, 5) is 29.0. The van der Waals surface area contributed by atoms with Crippen LogP contribution in [0.25, 0.3) is 11.2 Å². The third kappa shape index (κ3) is 3.75. The van der Waals surface area contributed by atoms with Crippen LogP contribution in [-0.2, 0) is 4.79 Å². The Balaban J connectivity index is 1.69. The number of aromatic amines is 1. The minimum absolute atomic E-state index is 0.101. The summed E-state index contributed by atoms with van der Waals surface area (Å²) >= 11 is 1.38. The zero-order valence-electron chi connectivity index (χ0n) is 15.5. The Kier molecular flexibility index (Phi) is 5.08. The van der Waals surface area contributed by atoms with Crippen LogP contribution in [0, 0.1) is 13.8 Å². The average Bonchev–Trinajstić information content (AvgIpc) is 3.19. The first-order valence-corrected chi connectivity index (χ1v) is 9.73. The van der Waals surface area contributed by atoms with Gasteiger partial charge in [-0.15, -0.1) is 0 Å². The van der Waals surface area contributed by atoms with Crippen molar-refractivity contribution < 1.29 is 4.79 Å². The van der Waals surface area contributed by atoms with Crippen LogP contribution in [0.2, 0.25) is 0 Å². The number of carbonyl (C=O) groups excluding carboxylic acids is 1. The SMILES string of the molecule is Cc1ccc(C)c(NC(=O)[C@H](Sc2ncnc3nc[nH]c23)c2ccccc2)c1. The zero-order chi connectivity index (χ0) is 19.5. The van der Waals surface area contributed by atoms with Gasteiger partial charge in [0.1, 0.15) is 22.1 Å². The second kappa shape index (κ2) is 7.82. The highest BCUT2D eigenvalue weighted by atomic mass is 32.2. The van der Waals surface area contributed by atoms with Crippen LogP contribution in [0.4, 0.5) is 5.69 Å². The summed E-state index contributed by atoms with van der Waals surface area (Å²) in [6.45, 7) is 3.99. The predicted octanol–water partition coefficient (Wildman–Crippen LogP) is 4.44. The Morgan fingerprint density at radius 2 is 1.89 bits per heavy atom. The number of carbonyl (C=O) groups is 1. The number of H-pyrrole nitrogens is 1. The summed E-state index contributed by atoms with van der Waals surface area (Å²) in [6, 6.07) is 15.7. The molecule has 4 aromatic rings. The molecule has 0 unspecified atom stereocenters. The fourth-order valence-electron chi connectivity index (χ4n) is 2.91. The molecule has 28 heavy (non-hydrogen) atoms. The van der Waals surface area contributed by atoms with E-state index in [-0.39, 0.29) is 5.91 Å². The molecule has 4 rings (SSSR count). The minimum atomic E-state index is -0.470. The smallest absolute Gasteiger partial charge is 0.242 e. The summed E-state index contributed by atoms with van der Waals surface area (Å²) in [6.07, 6.45) is 3.05. The van der Waals surface area contributed by atoms with Gasteiger partial charge in [-0.1, -0.05) is 54.2 Å². The Bertz CT molecular complexity index is 1130. The van der Waals surface area contributed by atoms with Crippen LogP contribution in [0.5, 0.6) is 0 Å². The molecule has 2 aromatic heterocycles. The first kappa shape index (κ1) is 18.2. The molecule has 7 heteroatoms. The number of benzene rings is 2. The standard InChI is InChI=1S/C21H19N5OS/c1-13-8-9-14(2)16(10-13)26-20(27)18(15-6-4-3-5-7-15)28-21-17-19(23-11-22-17)24-12-25-21/h3-12,18H,1-2H3,(H,26,27)(H,22,23,24,25)/t18-/m1/s1. The molecule has 0 spiro atoms. The van der Waals surface area contributed by atoms with Gasteiger partial charge >= 0.3 is 0 Å². The lowest BCUT2D eigenvalue weighted by molar-refractivity contribution is -0.115. The molecule has 2 N–H and O–H groups in total. The summed E-state index contributed by atoms with van der Waals surface area (Å²) in [5.41, 5.74) is 5.16. The largest absolute Gasteiger partial charge is 0.341 e. The lowest BCUT2D eigenvalue weighted by atomic mass is 10.1. The average molecular weight is 389 g/mol. The molecule has 2 aromatic carbocycles. The minimum Gasteiger partial charge on any atom is -0.341 e. The quantitative estimate of drug-likeness (QED) is 0.389. The summed E-state index contributed by atoms with van der Waals surface area (Å²) in [5, 5.41) is 3.30. The normalized spacial score (nSPS) is 12.1. The van der Waals surface area contributed by atoms with Gasteiger partial charge in [-0.2, -0.15) is 0 Å². The number of aromatic nitrogens is 4. The van der Waals surface area contributed by atoms with Gasteiger partial charge in [0, 0.05) is 5.69 Å². The molecule has 0 aliphatic rings. The van der Waals surface area contributed by atoms with Crippen LogP contribution in [-0.4, -0.2) is 25.8 Å². The second-order valence-corrected chi connectivity index (χ2v) is 7.59. The Hall–Kier alpha value is -3.19. The topological polar surface area (TPSA) is 83.6 Å². The summed E-state index contributed by atoms with van der Waals surface area (Å²) in [5.74, 6) is -0.101. The van der Waals surface area contributed by atoms with Crippen LogP contribution in [0.3, 0.4) is 0 Å². The van der Waals surface area contributed by atoms with Crippen molar-refractivity contribution in [3.05, 3.63) is 77.9 Å². The van der Waals surface area contributed by atoms with Gasteiger partial charge in [0.25, 0.3) is 0 Å². The van der Waals surface area contributed by atoms with Crippen LogP contribution >= 0.6 is 11.8 Å². The molecule has 1 atom stereocenters. The van der Waals surface area contributed by atoms with E-state index < -0.39 is 5.25 Å². The highest BCUT2D eigenvalue weighted by molar-refractivity contribution is 8.00. The van der Waals surface area contributed by atoms with Crippen molar-refractivity contribution in [2.24, 2.45) is 0 Å². The number of aryl methyl sites for hydroxylation is 2. The van der Waals surface area contributed by atoms with Crippen molar-refractivity contribution in [3.8, 4) is 0 Å². The Morgan fingerprint density at radius 3 is 2.71 bits per heavy atom. The number of fused-ring (bicyclic) bond motifs is 1. The van der Waals surface area contributed by atoms with E-state index >= 15 is 0 Å². The number of hydrogen-bond acceptors (Lipinski definition) is 5. The van der Waals surface area contributed by atoms with Crippen LogP contribution < -0.4 is 5.32 Å². The second-order valence-electron chi connectivity index (χ2n) is 6.50. The van der Waals surface area contributed by atoms with E-state index in [1.165, 1.54) is 18.1 Å². The molecule has 0 radical (unpaired) electrons. The fourth-order valence-corrected chi connectivity index (χ4v) is 3.97. The maximum absolute atomic E-state index is 13.3. The van der Waals surface area contributed by atoms with E-state index in [9.17, 15) is 4.79 Å². The first-order chi connectivity index (χ1) is 13.6. The van der Waals surface area contributed by atoms with E-state index in [4.69, 9.17) is 0 Å². The molecule has 0 fully saturated rings. The number of nitrogens with one attached hydrogen (secondary N) is 2. The van der Waals surface area contributed by atoms with E-state index in [1.807, 2.05) is 62.4 Å². The van der Waals surface area contributed by atoms with Crippen molar-refractivity contribution in [3.63, 3.8) is 0 Å². The van der Waals surface area contributed by atoms with Crippen molar-refractivity contribution >= 4 is 34.5 Å². The number of hydrogen-bond donors (Lipinski definition) is 2. The lowest BCUT2D eigenvalue weighted by Gasteiger charge is -2.18. The number of thioether (sulfide) groups is 1. The molecule has 0 saturated carbocycles. The number of nitrogens with zero attached hydrogens (tertiary/aromatic N) is 3. The summed E-state index contributed by atoms with van der Waals surface area (Å²) in [7, 11) is 0. The van der Waals surface area contributed by atoms with Crippen molar-refractivity contribution in [2.45, 2.75) is 24.1 Å². The predicted molar refractivity (Wildman–Crippen MR) is 111 cm³/mol. The molecule has 1 amide bonds. The molecule has 0 bridgehead atoms. The molecule has 140 valence electrons. The van der Waals surface area contributed by atoms with Crippen LogP contribution in [0.15, 0.2) is 66.2 Å². The van der Waals surface area contributed by atoms with E-state index in [0.717, 1.165) is 27.9 Å². The highest BCUT2D eigenvalue weighted by Gasteiger charge is 2.24. The maximum atomic E-state index is 13.3. The first-order valence-electron chi connectivity index (χ1n) is 8.85. The third-order valence-corrected chi connectivity index (χ3v) is 5.66. The molecule has 0 saturated heterocycles. The van der Waals surface area contributed by atoms with Crippen molar-refractivity contribution in [1.29, 1.82) is 0 Å². The van der Waals surface area contributed by atoms with Gasteiger partial charge in [-0.3, -0.25) is 4.79 Å². The molecule has 2 heterocycles. The zero-order valence-corrected chi connectivity index (χ0v) is 16.3. The molecule has 0 aliphatic heterocycles. The number of amides is 1. The third-order valence-electron chi connectivity index (χ3n) is 4.41. The van der Waals surface area contributed by atoms with E-state index in [0.29, 0.717) is 10.7 Å². The van der Waals surface area contributed by atoms with Crippen molar-refractivity contribution in [1.82, 2.24) is 19.9 Å². The molecule has 0 aliphatic carbocycles. The van der Waals surface area contributed by atoms with Gasteiger partial charge in [0.2, 0.25) is 5.91 Å². The van der Waals surface area contributed by atoms with Gasteiger partial charge in [-0.25, -0.2) is 15.0 Å². The summed E-state index contributed by atoms with van der Waals surface area (Å²) < 4.78 is 0. The van der Waals surface area contributed by atoms with Gasteiger partial charge in [0.15, 0.2) is 5.65 Å². The van der Waals surface area contributed by atoms with Crippen molar-refractivity contribution in [2.75, 3.05) is 5.32 Å². The van der Waals surface area contributed by atoms with Gasteiger partial charge in [-0.05, 0) is 36.6 Å². The number of imidazole rings is 1. The van der Waals surface area contributed by atoms with Crippen LogP contribution in [0.1, 0.15) is 21.9 Å². The molecule has 6 nitrogen and oxygen atoms in total.